The average molecular weight is 561 g/mol. The van der Waals surface area contributed by atoms with E-state index in [1.54, 1.807) is 0 Å². The molecule has 9 rings (SSSR count). The molecule has 0 amide bonds. The molecule has 8 aromatic rings. The van der Waals surface area contributed by atoms with Gasteiger partial charge in [-0.25, -0.2) is 9.97 Å². The Morgan fingerprint density at radius 1 is 0.432 bits per heavy atom. The van der Waals surface area contributed by atoms with Gasteiger partial charge >= 0.3 is 0 Å². The molecule has 0 spiro atoms. The highest BCUT2D eigenvalue weighted by Gasteiger charge is 2.18. The maximum absolute atomic E-state index is 4.97. The molecule has 0 N–H and O–H groups in total. The van der Waals surface area contributed by atoms with E-state index in [2.05, 4.69) is 133 Å². The fourth-order valence-electron chi connectivity index (χ4n) is 7.28. The topological polar surface area (TPSA) is 25.8 Å². The zero-order valence-electron chi connectivity index (χ0n) is 24.2. The second kappa shape index (κ2) is 10.00. The quantitative estimate of drug-likeness (QED) is 0.159. The molecule has 0 atom stereocenters. The van der Waals surface area contributed by atoms with E-state index in [1.165, 1.54) is 70.9 Å². The summed E-state index contributed by atoms with van der Waals surface area (Å²) in [6.07, 6.45) is 10.8. The zero-order chi connectivity index (χ0) is 29.0. The molecule has 0 aliphatic heterocycles. The second-order valence-corrected chi connectivity index (χ2v) is 11.6. The van der Waals surface area contributed by atoms with Gasteiger partial charge in [0.05, 0.1) is 0 Å². The number of rotatable bonds is 3. The number of hydrogen-bond donors (Lipinski definition) is 0. The third-order valence-electron chi connectivity index (χ3n) is 9.22. The first-order valence-electron chi connectivity index (χ1n) is 15.3. The van der Waals surface area contributed by atoms with Crippen LogP contribution in [-0.2, 0) is 6.42 Å². The molecule has 2 heteroatoms. The molecule has 0 radical (unpaired) electrons. The van der Waals surface area contributed by atoms with E-state index in [4.69, 9.17) is 9.97 Å². The molecule has 1 aliphatic carbocycles. The minimum Gasteiger partial charge on any atom is -0.236 e. The number of hydrogen-bond acceptors (Lipinski definition) is 2. The summed E-state index contributed by atoms with van der Waals surface area (Å²) in [7, 11) is 0. The summed E-state index contributed by atoms with van der Waals surface area (Å²) in [5, 5.41) is 10.1. The fraction of sp³-hybridized carbons (Fsp3) is 0.0476. The number of benzene rings is 7. The van der Waals surface area contributed by atoms with Crippen LogP contribution < -0.4 is 0 Å². The molecule has 1 aromatic heterocycles. The molecule has 0 bridgehead atoms. The van der Waals surface area contributed by atoms with E-state index in [0.717, 1.165) is 29.8 Å². The molecule has 44 heavy (non-hydrogen) atoms. The largest absolute Gasteiger partial charge is 0.236 e. The Kier molecular flexibility index (Phi) is 5.67. The van der Waals surface area contributed by atoms with Gasteiger partial charge in [-0.2, -0.15) is 0 Å². The van der Waals surface area contributed by atoms with E-state index in [1.807, 2.05) is 12.4 Å². The zero-order valence-corrected chi connectivity index (χ0v) is 24.2. The van der Waals surface area contributed by atoms with Crippen molar-refractivity contribution in [3.05, 3.63) is 151 Å². The SMILES string of the molecule is C1=Cc2c(c3ccc(-c4ncc(-c5c6ccccc6c(-c6ccccc6)c6ccccc56)cn4)cc3c3ccccc23)CC1. The minimum absolute atomic E-state index is 0.742. The average Bonchev–Trinajstić information content (AvgIpc) is 3.11. The normalized spacial score (nSPS) is 12.7. The van der Waals surface area contributed by atoms with Gasteiger partial charge in [0, 0.05) is 29.1 Å². The van der Waals surface area contributed by atoms with Gasteiger partial charge in [0.15, 0.2) is 5.82 Å². The van der Waals surface area contributed by atoms with Gasteiger partial charge in [0.25, 0.3) is 0 Å². The summed E-state index contributed by atoms with van der Waals surface area (Å²) in [5.41, 5.74) is 8.53. The van der Waals surface area contributed by atoms with Gasteiger partial charge in [0.1, 0.15) is 0 Å². The lowest BCUT2D eigenvalue weighted by molar-refractivity contribution is 1.00. The van der Waals surface area contributed by atoms with Crippen LogP contribution in [0.3, 0.4) is 0 Å². The molecule has 2 nitrogen and oxygen atoms in total. The number of aryl methyl sites for hydroxylation is 1. The van der Waals surface area contributed by atoms with Crippen molar-refractivity contribution in [3.8, 4) is 33.6 Å². The first-order valence-corrected chi connectivity index (χ1v) is 15.3. The van der Waals surface area contributed by atoms with Crippen LogP contribution in [0.25, 0.3) is 82.8 Å². The molecule has 0 saturated carbocycles. The highest BCUT2D eigenvalue weighted by Crippen LogP contribution is 2.43. The van der Waals surface area contributed by atoms with Crippen molar-refractivity contribution in [2.75, 3.05) is 0 Å². The summed E-state index contributed by atoms with van der Waals surface area (Å²) >= 11 is 0. The number of aromatic nitrogens is 2. The van der Waals surface area contributed by atoms with Gasteiger partial charge in [-0.1, -0.05) is 127 Å². The van der Waals surface area contributed by atoms with Crippen LogP contribution in [0, 0.1) is 0 Å². The lowest BCUT2D eigenvalue weighted by Gasteiger charge is -2.18. The third kappa shape index (κ3) is 3.81. The van der Waals surface area contributed by atoms with Crippen LogP contribution in [0.15, 0.2) is 140 Å². The van der Waals surface area contributed by atoms with Crippen molar-refractivity contribution in [2.24, 2.45) is 0 Å². The number of allylic oxidation sites excluding steroid dienone is 1. The molecule has 0 saturated heterocycles. The first-order chi connectivity index (χ1) is 21.8. The van der Waals surface area contributed by atoms with Crippen LogP contribution in [0.1, 0.15) is 17.5 Å². The highest BCUT2D eigenvalue weighted by molar-refractivity contribution is 6.21. The predicted molar refractivity (Wildman–Crippen MR) is 186 cm³/mol. The van der Waals surface area contributed by atoms with Crippen LogP contribution >= 0.6 is 0 Å². The summed E-state index contributed by atoms with van der Waals surface area (Å²) in [6.45, 7) is 0. The minimum atomic E-state index is 0.742. The number of nitrogens with zero attached hydrogens (tertiary/aromatic N) is 2. The molecule has 0 fully saturated rings. The van der Waals surface area contributed by atoms with Crippen molar-refractivity contribution in [1.29, 1.82) is 0 Å². The second-order valence-electron chi connectivity index (χ2n) is 11.6. The number of fused-ring (bicyclic) bond motifs is 8. The third-order valence-corrected chi connectivity index (χ3v) is 9.22. The Morgan fingerprint density at radius 2 is 1.00 bits per heavy atom. The summed E-state index contributed by atoms with van der Waals surface area (Å²) in [6, 6.07) is 43.6. The molecule has 7 aromatic carbocycles. The molecule has 0 unspecified atom stereocenters. The lowest BCUT2D eigenvalue weighted by Crippen LogP contribution is -1.98. The van der Waals surface area contributed by atoms with Crippen molar-refractivity contribution in [1.82, 2.24) is 9.97 Å². The van der Waals surface area contributed by atoms with E-state index < -0.39 is 0 Å². The van der Waals surface area contributed by atoms with E-state index >= 15 is 0 Å². The van der Waals surface area contributed by atoms with Gasteiger partial charge in [-0.3, -0.25) is 0 Å². The Hall–Kier alpha value is -5.60. The maximum Gasteiger partial charge on any atom is 0.159 e. The highest BCUT2D eigenvalue weighted by atomic mass is 14.9. The van der Waals surface area contributed by atoms with Gasteiger partial charge in [-0.15, -0.1) is 0 Å². The summed E-state index contributed by atoms with van der Waals surface area (Å²) in [5.74, 6) is 0.742. The van der Waals surface area contributed by atoms with Crippen molar-refractivity contribution >= 4 is 49.2 Å². The molecule has 206 valence electrons. The maximum atomic E-state index is 4.97. The first kappa shape index (κ1) is 24.9. The Bertz CT molecular complexity index is 2360. The van der Waals surface area contributed by atoms with E-state index in [-0.39, 0.29) is 0 Å². The van der Waals surface area contributed by atoms with Gasteiger partial charge < -0.3 is 0 Å². The lowest BCUT2D eigenvalue weighted by atomic mass is 9.86. The summed E-state index contributed by atoms with van der Waals surface area (Å²) < 4.78 is 0. The smallest absolute Gasteiger partial charge is 0.159 e. The standard InChI is InChI=1S/C42H28N2/c1-2-12-27(13-3-1)40-35-18-8-10-20-37(35)41(38-21-11-9-19-36(38)40)29-25-43-42(44-26-29)28-22-23-34-32-16-5-4-14-30(32)31-15-6-7-17-33(31)39(34)24-28/h1-4,6-15,17-26H,5,16H2. The van der Waals surface area contributed by atoms with Crippen molar-refractivity contribution in [3.63, 3.8) is 0 Å². The fourth-order valence-corrected chi connectivity index (χ4v) is 7.28. The van der Waals surface area contributed by atoms with Crippen LogP contribution in [0.5, 0.6) is 0 Å². The van der Waals surface area contributed by atoms with Crippen molar-refractivity contribution < 1.29 is 0 Å². The molecule has 1 aliphatic rings. The van der Waals surface area contributed by atoms with E-state index in [0.29, 0.717) is 0 Å². The Balaban J connectivity index is 1.22. The van der Waals surface area contributed by atoms with Gasteiger partial charge in [0.2, 0.25) is 0 Å². The Morgan fingerprint density at radius 3 is 1.66 bits per heavy atom. The van der Waals surface area contributed by atoms with Gasteiger partial charge in [-0.05, 0) is 84.3 Å². The van der Waals surface area contributed by atoms with E-state index in [9.17, 15) is 0 Å². The Labute approximate surface area is 256 Å². The van der Waals surface area contributed by atoms with Crippen LogP contribution in [-0.4, -0.2) is 9.97 Å². The van der Waals surface area contributed by atoms with Crippen LogP contribution in [0.4, 0.5) is 0 Å². The molecular formula is C42H28N2. The molecular weight excluding hydrogens is 532 g/mol. The van der Waals surface area contributed by atoms with Crippen molar-refractivity contribution in [2.45, 2.75) is 12.8 Å². The summed E-state index contributed by atoms with van der Waals surface area (Å²) in [4.78, 5) is 9.94. The monoisotopic (exact) mass is 560 g/mol. The molecule has 1 heterocycles. The van der Waals surface area contributed by atoms with Crippen LogP contribution in [0.2, 0.25) is 0 Å². The predicted octanol–water partition coefficient (Wildman–Crippen LogP) is 11.0.